The number of nitrogens with one attached hydrogen (secondary N) is 1. The molecule has 4 saturated carbocycles. The molecule has 0 spiro atoms. The fourth-order valence-electron chi connectivity index (χ4n) is 6.74. The number of hydrogen-bond donors (Lipinski definition) is 1. The van der Waals surface area contributed by atoms with E-state index in [4.69, 9.17) is 0 Å². The van der Waals surface area contributed by atoms with Crippen LogP contribution < -0.4 is 5.32 Å². The van der Waals surface area contributed by atoms with Gasteiger partial charge in [-0.05, 0) is 81.3 Å². The Morgan fingerprint density at radius 3 is 2.21 bits per heavy atom. The van der Waals surface area contributed by atoms with Crippen molar-refractivity contribution in [3.05, 3.63) is 30.3 Å². The first-order valence-corrected chi connectivity index (χ1v) is 12.2. The topological polar surface area (TPSA) is 66.5 Å². The highest BCUT2D eigenvalue weighted by Gasteiger charge is 2.52. The van der Waals surface area contributed by atoms with E-state index < -0.39 is 10.0 Å². The molecule has 0 unspecified atom stereocenters. The second-order valence-corrected chi connectivity index (χ2v) is 11.6. The maximum absolute atomic E-state index is 13.2. The number of benzene rings is 1. The van der Waals surface area contributed by atoms with Gasteiger partial charge in [0.05, 0.1) is 10.8 Å². The van der Waals surface area contributed by atoms with Crippen LogP contribution >= 0.6 is 0 Å². The van der Waals surface area contributed by atoms with Crippen molar-refractivity contribution >= 4 is 15.9 Å². The number of carbonyl (C=O) groups excluding carboxylic acids is 1. The lowest BCUT2D eigenvalue weighted by atomic mass is 9.53. The van der Waals surface area contributed by atoms with Crippen LogP contribution in [0.5, 0.6) is 0 Å². The summed E-state index contributed by atoms with van der Waals surface area (Å²) in [6, 6.07) is 8.57. The highest BCUT2D eigenvalue weighted by atomic mass is 32.2. The third-order valence-electron chi connectivity index (χ3n) is 7.56. The van der Waals surface area contributed by atoms with Crippen LogP contribution in [-0.2, 0) is 14.8 Å². The number of sulfonamides is 1. The average Bonchev–Trinajstić information content (AvgIpc) is 2.67. The van der Waals surface area contributed by atoms with Gasteiger partial charge in [0.25, 0.3) is 0 Å². The molecule has 1 atom stereocenters. The lowest BCUT2D eigenvalue weighted by molar-refractivity contribution is -0.131. The molecule has 1 amide bonds. The van der Waals surface area contributed by atoms with Crippen molar-refractivity contribution in [2.75, 3.05) is 13.1 Å². The predicted octanol–water partition coefficient (Wildman–Crippen LogP) is 3.17. The number of rotatable bonds is 4. The van der Waals surface area contributed by atoms with Crippen molar-refractivity contribution < 1.29 is 13.2 Å². The largest absolute Gasteiger partial charge is 0.350 e. The minimum absolute atomic E-state index is 0.00752. The molecule has 4 aliphatic carbocycles. The summed E-state index contributed by atoms with van der Waals surface area (Å²) in [5.74, 6) is 2.20. The third-order valence-corrected chi connectivity index (χ3v) is 9.44. The molecule has 1 aliphatic heterocycles. The normalized spacial score (nSPS) is 37.7. The monoisotopic (exact) mass is 402 g/mol. The van der Waals surface area contributed by atoms with Crippen LogP contribution in [0.3, 0.4) is 0 Å². The van der Waals surface area contributed by atoms with Crippen LogP contribution in [0.2, 0.25) is 0 Å². The summed E-state index contributed by atoms with van der Waals surface area (Å²) in [5.41, 5.74) is -0.00752. The van der Waals surface area contributed by atoms with Gasteiger partial charge in [0.15, 0.2) is 0 Å². The summed E-state index contributed by atoms with van der Waals surface area (Å²) in [6.45, 7) is 0.799. The van der Waals surface area contributed by atoms with Gasteiger partial charge in [-0.25, -0.2) is 8.42 Å². The molecule has 0 radical (unpaired) electrons. The van der Waals surface area contributed by atoms with E-state index in [-0.39, 0.29) is 17.4 Å². The number of nitrogens with zero attached hydrogens (tertiary/aromatic N) is 1. The van der Waals surface area contributed by atoms with E-state index in [1.165, 1.54) is 23.6 Å². The van der Waals surface area contributed by atoms with Crippen molar-refractivity contribution in [3.8, 4) is 0 Å². The van der Waals surface area contributed by atoms with Gasteiger partial charge in [0.1, 0.15) is 0 Å². The minimum Gasteiger partial charge on any atom is -0.350 e. The van der Waals surface area contributed by atoms with E-state index >= 15 is 0 Å². The first-order valence-electron chi connectivity index (χ1n) is 10.8. The zero-order chi connectivity index (χ0) is 19.4. The van der Waals surface area contributed by atoms with Crippen LogP contribution in [0.15, 0.2) is 35.2 Å². The molecule has 28 heavy (non-hydrogen) atoms. The minimum atomic E-state index is -3.53. The fraction of sp³-hybridized carbons (Fsp3) is 0.682. The summed E-state index contributed by atoms with van der Waals surface area (Å²) < 4.78 is 27.4. The molecule has 6 heteroatoms. The maximum Gasteiger partial charge on any atom is 0.243 e. The number of hydrogen-bond acceptors (Lipinski definition) is 3. The molecular weight excluding hydrogens is 372 g/mol. The van der Waals surface area contributed by atoms with Crippen molar-refractivity contribution in [2.45, 2.75) is 61.8 Å². The molecule has 1 N–H and O–H groups in total. The second kappa shape index (κ2) is 6.84. The number of piperidine rings is 1. The average molecular weight is 403 g/mol. The van der Waals surface area contributed by atoms with Gasteiger partial charge in [-0.3, -0.25) is 4.79 Å². The molecule has 5 fully saturated rings. The molecule has 0 aromatic heterocycles. The Labute approximate surface area is 167 Å². The highest BCUT2D eigenvalue weighted by Crippen LogP contribution is 2.55. The molecule has 6 rings (SSSR count). The SMILES string of the molecule is O=C(NC12CC3CC(CC(C3)C1)C2)[C@@H]1CCCN(S(=O)(=O)c2ccccc2)C1. The van der Waals surface area contributed by atoms with Gasteiger partial charge in [0, 0.05) is 18.6 Å². The molecule has 1 aromatic carbocycles. The lowest BCUT2D eigenvalue weighted by Crippen LogP contribution is -2.61. The summed E-state index contributed by atoms with van der Waals surface area (Å²) >= 11 is 0. The van der Waals surface area contributed by atoms with Crippen LogP contribution in [-0.4, -0.2) is 37.3 Å². The first kappa shape index (κ1) is 18.6. The Hall–Kier alpha value is -1.40. The Balaban J connectivity index is 1.28. The van der Waals surface area contributed by atoms with Gasteiger partial charge in [0.2, 0.25) is 15.9 Å². The summed E-state index contributed by atoms with van der Waals surface area (Å²) in [6.07, 6.45) is 8.95. The fourth-order valence-corrected chi connectivity index (χ4v) is 8.29. The number of amides is 1. The zero-order valence-corrected chi connectivity index (χ0v) is 17.2. The molecule has 152 valence electrons. The van der Waals surface area contributed by atoms with Gasteiger partial charge in [-0.1, -0.05) is 18.2 Å². The molecule has 5 aliphatic rings. The Morgan fingerprint density at radius 2 is 1.61 bits per heavy atom. The highest BCUT2D eigenvalue weighted by molar-refractivity contribution is 7.89. The van der Waals surface area contributed by atoms with Crippen molar-refractivity contribution in [3.63, 3.8) is 0 Å². The van der Waals surface area contributed by atoms with E-state index in [0.717, 1.165) is 49.9 Å². The van der Waals surface area contributed by atoms with Gasteiger partial charge in [-0.15, -0.1) is 0 Å². The summed E-state index contributed by atoms with van der Waals surface area (Å²) in [4.78, 5) is 13.5. The van der Waals surface area contributed by atoms with E-state index in [9.17, 15) is 13.2 Å². The summed E-state index contributed by atoms with van der Waals surface area (Å²) in [5, 5.41) is 3.45. The van der Waals surface area contributed by atoms with Crippen LogP contribution in [0.4, 0.5) is 0 Å². The van der Waals surface area contributed by atoms with Crippen molar-refractivity contribution in [2.24, 2.45) is 23.7 Å². The zero-order valence-electron chi connectivity index (χ0n) is 16.3. The predicted molar refractivity (Wildman–Crippen MR) is 107 cm³/mol. The quantitative estimate of drug-likeness (QED) is 0.841. The molecule has 5 nitrogen and oxygen atoms in total. The van der Waals surface area contributed by atoms with Crippen molar-refractivity contribution in [1.29, 1.82) is 0 Å². The van der Waals surface area contributed by atoms with Crippen molar-refractivity contribution in [1.82, 2.24) is 9.62 Å². The molecular formula is C22H30N2O3S. The van der Waals surface area contributed by atoms with E-state index in [1.54, 1.807) is 24.3 Å². The van der Waals surface area contributed by atoms with Crippen LogP contribution in [0, 0.1) is 23.7 Å². The third kappa shape index (κ3) is 3.28. The molecule has 1 aromatic rings. The van der Waals surface area contributed by atoms with Gasteiger partial charge < -0.3 is 5.32 Å². The van der Waals surface area contributed by atoms with Crippen LogP contribution in [0.1, 0.15) is 51.4 Å². The van der Waals surface area contributed by atoms with Crippen LogP contribution in [0.25, 0.3) is 0 Å². The molecule has 4 bridgehead atoms. The number of carbonyl (C=O) groups is 1. The standard InChI is InChI=1S/C22H30N2O3S/c25-21(23-22-12-16-9-17(13-22)11-18(10-16)14-22)19-5-4-8-24(15-19)28(26,27)20-6-2-1-3-7-20/h1-3,6-7,16-19H,4-5,8-15H2,(H,23,25)/t16?,17?,18?,19-,22?/m1/s1. The molecule has 1 saturated heterocycles. The van der Waals surface area contributed by atoms with Gasteiger partial charge in [-0.2, -0.15) is 4.31 Å². The Bertz CT molecular complexity index is 817. The Kier molecular flexibility index (Phi) is 4.55. The Morgan fingerprint density at radius 1 is 1.00 bits per heavy atom. The van der Waals surface area contributed by atoms with E-state index in [2.05, 4.69) is 5.32 Å². The smallest absolute Gasteiger partial charge is 0.243 e. The molecule has 1 heterocycles. The van der Waals surface area contributed by atoms with Gasteiger partial charge >= 0.3 is 0 Å². The van der Waals surface area contributed by atoms with E-state index in [0.29, 0.717) is 18.0 Å². The van der Waals surface area contributed by atoms with E-state index in [1.807, 2.05) is 6.07 Å². The maximum atomic E-state index is 13.2. The first-order chi connectivity index (χ1) is 13.4. The summed E-state index contributed by atoms with van der Waals surface area (Å²) in [7, 11) is -3.53. The lowest BCUT2D eigenvalue weighted by Gasteiger charge is -2.57. The second-order valence-electron chi connectivity index (χ2n) is 9.70.